The van der Waals surface area contributed by atoms with Gasteiger partial charge < -0.3 is 11.1 Å². The van der Waals surface area contributed by atoms with E-state index in [2.05, 4.69) is 21.4 Å². The zero-order valence-electron chi connectivity index (χ0n) is 14.6. The van der Waals surface area contributed by atoms with E-state index in [9.17, 15) is 4.79 Å². The molecule has 0 unspecified atom stereocenters. The highest BCUT2D eigenvalue weighted by atomic mass is 35.5. The van der Waals surface area contributed by atoms with Crippen molar-refractivity contribution < 1.29 is 4.79 Å². The lowest BCUT2D eigenvalue weighted by atomic mass is 10.1. The summed E-state index contributed by atoms with van der Waals surface area (Å²) in [5.74, 6) is -0.143. The standard InChI is InChI=1S/C21H19ClN4O/c22-18-11-10-15(26-21(27)16-8-7-13-25-20(16)23)14-17(18)19-9-5-3-1-2-4-6-12-24-19/h1-3,5-8,10-14H,4,9H2,(H2,23,25)(H,26,27)/b2-1-,5-3-,12-6-,24-19?. The number of allylic oxidation sites excluding steroid dienone is 5. The maximum Gasteiger partial charge on any atom is 0.259 e. The molecular formula is C21H19ClN4O. The third kappa shape index (κ3) is 4.92. The molecule has 2 heterocycles. The average Bonchev–Trinajstić information content (AvgIpc) is 2.68. The number of benzene rings is 1. The number of aliphatic imine (C=N–C) groups is 1. The minimum atomic E-state index is -0.327. The maximum absolute atomic E-state index is 12.5. The molecule has 1 aromatic carbocycles. The summed E-state index contributed by atoms with van der Waals surface area (Å²) in [5.41, 5.74) is 8.29. The van der Waals surface area contributed by atoms with Gasteiger partial charge in [0, 0.05) is 35.1 Å². The second-order valence-corrected chi connectivity index (χ2v) is 6.25. The predicted molar refractivity (Wildman–Crippen MR) is 111 cm³/mol. The van der Waals surface area contributed by atoms with Crippen molar-refractivity contribution in [2.75, 3.05) is 11.1 Å². The Hall–Kier alpha value is -3.18. The number of aromatic nitrogens is 1. The molecule has 1 aromatic heterocycles. The van der Waals surface area contributed by atoms with Crippen molar-refractivity contribution in [3.05, 3.63) is 89.3 Å². The Kier molecular flexibility index (Phi) is 6.18. The summed E-state index contributed by atoms with van der Waals surface area (Å²) in [6, 6.07) is 8.59. The number of nitrogens with two attached hydrogens (primary N) is 1. The minimum absolute atomic E-state index is 0.184. The van der Waals surface area contributed by atoms with Crippen LogP contribution in [-0.2, 0) is 0 Å². The zero-order valence-corrected chi connectivity index (χ0v) is 15.4. The SMILES string of the molecule is Nc1ncccc1C(=O)Nc1ccc(Cl)c(C2=N/C=C\C/C=C\C=C/C2)c1. The largest absolute Gasteiger partial charge is 0.383 e. The fourth-order valence-electron chi connectivity index (χ4n) is 2.56. The van der Waals surface area contributed by atoms with Crippen LogP contribution in [0.3, 0.4) is 0 Å². The number of nitrogens with one attached hydrogen (secondary N) is 1. The Bertz CT molecular complexity index is 960. The van der Waals surface area contributed by atoms with Crippen molar-refractivity contribution in [1.82, 2.24) is 4.98 Å². The van der Waals surface area contributed by atoms with Gasteiger partial charge in [0.05, 0.1) is 11.3 Å². The number of anilines is 2. The molecule has 136 valence electrons. The second-order valence-electron chi connectivity index (χ2n) is 5.84. The fraction of sp³-hybridized carbons (Fsp3) is 0.0952. The van der Waals surface area contributed by atoms with Gasteiger partial charge in [-0.1, -0.05) is 42.0 Å². The van der Waals surface area contributed by atoms with Crippen molar-refractivity contribution in [2.24, 2.45) is 4.99 Å². The zero-order chi connectivity index (χ0) is 19.1. The molecule has 1 aliphatic rings. The molecule has 27 heavy (non-hydrogen) atoms. The van der Waals surface area contributed by atoms with Gasteiger partial charge in [0.1, 0.15) is 5.82 Å². The van der Waals surface area contributed by atoms with Gasteiger partial charge in [-0.05, 0) is 36.8 Å². The molecule has 0 radical (unpaired) electrons. The molecule has 5 nitrogen and oxygen atoms in total. The van der Waals surface area contributed by atoms with E-state index in [0.29, 0.717) is 22.7 Å². The van der Waals surface area contributed by atoms with Crippen molar-refractivity contribution >= 4 is 34.7 Å². The number of rotatable bonds is 3. The number of pyridine rings is 1. The molecule has 1 amide bonds. The van der Waals surface area contributed by atoms with Crippen LogP contribution < -0.4 is 11.1 Å². The summed E-state index contributed by atoms with van der Waals surface area (Å²) in [5, 5.41) is 3.41. The Labute approximate surface area is 163 Å². The predicted octanol–water partition coefficient (Wildman–Crippen LogP) is 4.78. The summed E-state index contributed by atoms with van der Waals surface area (Å²) in [6.07, 6.45) is 14.8. The Morgan fingerprint density at radius 3 is 2.85 bits per heavy atom. The second kappa shape index (κ2) is 8.96. The number of nitrogen functional groups attached to an aromatic ring is 1. The Balaban J connectivity index is 1.87. The number of halogens is 1. The van der Waals surface area contributed by atoms with Crippen LogP contribution in [-0.4, -0.2) is 16.6 Å². The third-order valence-electron chi connectivity index (χ3n) is 3.92. The highest BCUT2D eigenvalue weighted by Gasteiger charge is 2.13. The molecule has 0 spiro atoms. The first-order valence-electron chi connectivity index (χ1n) is 8.50. The monoisotopic (exact) mass is 378 g/mol. The summed E-state index contributed by atoms with van der Waals surface area (Å²) >= 11 is 6.39. The molecule has 0 atom stereocenters. The summed E-state index contributed by atoms with van der Waals surface area (Å²) in [4.78, 5) is 20.9. The topological polar surface area (TPSA) is 80.4 Å². The number of carbonyl (C=O) groups is 1. The molecule has 0 saturated carbocycles. The van der Waals surface area contributed by atoms with E-state index in [-0.39, 0.29) is 11.7 Å². The van der Waals surface area contributed by atoms with E-state index in [1.165, 1.54) is 0 Å². The normalized spacial score (nSPS) is 17.4. The van der Waals surface area contributed by atoms with Crippen LogP contribution in [0.25, 0.3) is 0 Å². The summed E-state index contributed by atoms with van der Waals surface area (Å²) in [6.45, 7) is 0. The molecule has 0 aliphatic carbocycles. The van der Waals surface area contributed by atoms with E-state index in [1.807, 2.05) is 30.4 Å². The molecular weight excluding hydrogens is 360 g/mol. The van der Waals surface area contributed by atoms with E-state index in [4.69, 9.17) is 17.3 Å². The van der Waals surface area contributed by atoms with E-state index >= 15 is 0 Å². The fourth-order valence-corrected chi connectivity index (χ4v) is 2.79. The molecule has 3 rings (SSSR count). The van der Waals surface area contributed by atoms with Crippen molar-refractivity contribution in [3.8, 4) is 0 Å². The maximum atomic E-state index is 12.5. The van der Waals surface area contributed by atoms with Crippen molar-refractivity contribution in [1.29, 1.82) is 0 Å². The summed E-state index contributed by atoms with van der Waals surface area (Å²) in [7, 11) is 0. The highest BCUT2D eigenvalue weighted by molar-refractivity contribution is 6.34. The van der Waals surface area contributed by atoms with Crippen LogP contribution in [0.5, 0.6) is 0 Å². The number of carbonyl (C=O) groups excluding carboxylic acids is 1. The molecule has 0 fully saturated rings. The lowest BCUT2D eigenvalue weighted by Gasteiger charge is -2.11. The van der Waals surface area contributed by atoms with Crippen LogP contribution in [0.1, 0.15) is 28.8 Å². The molecule has 0 bridgehead atoms. The van der Waals surface area contributed by atoms with E-state index in [0.717, 1.165) is 17.7 Å². The number of hydrogen-bond donors (Lipinski definition) is 2. The third-order valence-corrected chi connectivity index (χ3v) is 4.25. The van der Waals surface area contributed by atoms with Crippen LogP contribution in [0.15, 0.2) is 78.1 Å². The first-order valence-corrected chi connectivity index (χ1v) is 8.88. The van der Waals surface area contributed by atoms with Gasteiger partial charge in [0.25, 0.3) is 5.91 Å². The van der Waals surface area contributed by atoms with E-state index in [1.54, 1.807) is 36.7 Å². The first-order chi connectivity index (χ1) is 13.1. The quantitative estimate of drug-likeness (QED) is 0.806. The lowest BCUT2D eigenvalue weighted by molar-refractivity contribution is 0.102. The number of hydrogen-bond acceptors (Lipinski definition) is 4. The van der Waals surface area contributed by atoms with Gasteiger partial charge in [0.2, 0.25) is 0 Å². The van der Waals surface area contributed by atoms with Gasteiger partial charge in [-0.15, -0.1) is 0 Å². The van der Waals surface area contributed by atoms with Crippen LogP contribution >= 0.6 is 11.6 Å². The molecule has 2 aromatic rings. The molecule has 1 aliphatic heterocycles. The number of nitrogens with zero attached hydrogens (tertiary/aromatic N) is 2. The van der Waals surface area contributed by atoms with Gasteiger partial charge in [-0.3, -0.25) is 9.79 Å². The van der Waals surface area contributed by atoms with Crippen LogP contribution in [0, 0.1) is 0 Å². The van der Waals surface area contributed by atoms with Crippen LogP contribution in [0.2, 0.25) is 5.02 Å². The first kappa shape index (κ1) is 18.6. The van der Waals surface area contributed by atoms with Gasteiger partial charge in [0.15, 0.2) is 0 Å². The Morgan fingerprint density at radius 2 is 2.00 bits per heavy atom. The van der Waals surface area contributed by atoms with Crippen LogP contribution in [0.4, 0.5) is 11.5 Å². The van der Waals surface area contributed by atoms with Crippen molar-refractivity contribution in [2.45, 2.75) is 12.8 Å². The molecule has 0 saturated heterocycles. The van der Waals surface area contributed by atoms with Gasteiger partial charge >= 0.3 is 0 Å². The Morgan fingerprint density at radius 1 is 1.15 bits per heavy atom. The van der Waals surface area contributed by atoms with Crippen molar-refractivity contribution in [3.63, 3.8) is 0 Å². The van der Waals surface area contributed by atoms with Gasteiger partial charge in [-0.2, -0.15) is 0 Å². The summed E-state index contributed by atoms with van der Waals surface area (Å²) < 4.78 is 0. The average molecular weight is 379 g/mol. The highest BCUT2D eigenvalue weighted by Crippen LogP contribution is 2.24. The number of amides is 1. The minimum Gasteiger partial charge on any atom is -0.383 e. The molecule has 3 N–H and O–H groups in total. The van der Waals surface area contributed by atoms with Gasteiger partial charge in [-0.25, -0.2) is 4.98 Å². The molecule has 6 heteroatoms. The smallest absolute Gasteiger partial charge is 0.259 e. The lowest BCUT2D eigenvalue weighted by Crippen LogP contribution is -2.15. The van der Waals surface area contributed by atoms with E-state index < -0.39 is 0 Å².